The molecule has 0 saturated carbocycles. The van der Waals surface area contributed by atoms with Crippen LogP contribution in [0.5, 0.6) is 0 Å². The summed E-state index contributed by atoms with van der Waals surface area (Å²) in [6, 6.07) is 13.5. The van der Waals surface area contributed by atoms with Gasteiger partial charge in [0.25, 0.3) is 0 Å². The van der Waals surface area contributed by atoms with Crippen LogP contribution in [-0.2, 0) is 18.4 Å². The Balaban J connectivity index is 1.97. The number of rotatable bonds is 6. The average Bonchev–Trinajstić information content (AvgIpc) is 2.59. The molecule has 2 aromatic rings. The molecule has 1 aliphatic rings. The first-order valence-corrected chi connectivity index (χ1v) is 12.1. The lowest BCUT2D eigenvalue weighted by molar-refractivity contribution is -0.115. The van der Waals surface area contributed by atoms with E-state index in [0.29, 0.717) is 13.2 Å². The second-order valence-electron chi connectivity index (χ2n) is 5.43. The van der Waals surface area contributed by atoms with Gasteiger partial charge in [-0.15, -0.1) is 0 Å². The molecule has 5 nitrogen and oxygen atoms in total. The summed E-state index contributed by atoms with van der Waals surface area (Å²) in [6.45, 7) is 2.51. The predicted octanol–water partition coefficient (Wildman–Crippen LogP) is 6.11. The third kappa shape index (κ3) is 4.02. The van der Waals surface area contributed by atoms with E-state index in [0.717, 1.165) is 37.4 Å². The van der Waals surface area contributed by atoms with Crippen LogP contribution >= 0.6 is 29.9 Å². The highest BCUT2D eigenvalue weighted by Gasteiger charge is 2.29. The Morgan fingerprint density at radius 2 is 1.73 bits per heavy atom. The maximum absolute atomic E-state index is 12.8. The minimum atomic E-state index is -3.25. The molecule has 1 aliphatic heterocycles. The molecule has 0 fully saturated rings. The van der Waals surface area contributed by atoms with Gasteiger partial charge in [-0.1, -0.05) is 23.9 Å². The number of hydrogen-bond acceptors (Lipinski definition) is 6. The third-order valence-electron chi connectivity index (χ3n) is 3.60. The zero-order valence-electron chi connectivity index (χ0n) is 14.8. The van der Waals surface area contributed by atoms with Gasteiger partial charge < -0.3 is 9.05 Å². The molecule has 0 aliphatic carbocycles. The first kappa shape index (κ1) is 19.5. The Bertz CT molecular complexity index is 864. The summed E-state index contributed by atoms with van der Waals surface area (Å²) in [5, 5.41) is 0. The van der Waals surface area contributed by atoms with Crippen molar-refractivity contribution in [2.45, 2.75) is 35.5 Å². The van der Waals surface area contributed by atoms with E-state index in [1.54, 1.807) is 37.4 Å². The largest absolute Gasteiger partial charge is 0.393 e. The van der Waals surface area contributed by atoms with Crippen LogP contribution in [0.25, 0.3) is 0 Å². The van der Waals surface area contributed by atoms with Crippen LogP contribution in [0.1, 0.15) is 20.8 Å². The van der Waals surface area contributed by atoms with Crippen LogP contribution in [-0.4, -0.2) is 19.1 Å². The molecule has 0 unspecified atom stereocenters. The molecule has 0 radical (unpaired) electrons. The van der Waals surface area contributed by atoms with Crippen molar-refractivity contribution in [1.29, 1.82) is 0 Å². The van der Waals surface area contributed by atoms with Gasteiger partial charge in [0.1, 0.15) is 0 Å². The van der Waals surface area contributed by atoms with Crippen LogP contribution in [0.3, 0.4) is 0 Å². The van der Waals surface area contributed by atoms with Crippen molar-refractivity contribution in [3.05, 3.63) is 42.5 Å². The van der Waals surface area contributed by atoms with Crippen LogP contribution in [0.15, 0.2) is 57.2 Å². The van der Waals surface area contributed by atoms with Crippen LogP contribution < -0.4 is 4.90 Å². The average molecular weight is 409 g/mol. The summed E-state index contributed by atoms with van der Waals surface area (Å²) in [5.41, 5.74) is 1.71. The van der Waals surface area contributed by atoms with Gasteiger partial charge in [-0.3, -0.25) is 9.69 Å². The molecule has 1 heterocycles. The Morgan fingerprint density at radius 3 is 2.38 bits per heavy atom. The van der Waals surface area contributed by atoms with Gasteiger partial charge in [-0.25, -0.2) is 4.57 Å². The molecule has 0 spiro atoms. The normalized spacial score (nSPS) is 13.3. The quantitative estimate of drug-likeness (QED) is 0.537. The van der Waals surface area contributed by atoms with Gasteiger partial charge >= 0.3 is 6.80 Å². The van der Waals surface area contributed by atoms with Crippen molar-refractivity contribution in [2.24, 2.45) is 0 Å². The van der Waals surface area contributed by atoms with Crippen molar-refractivity contribution in [3.63, 3.8) is 0 Å². The second-order valence-corrected chi connectivity index (χ2v) is 10.5. The minimum Gasteiger partial charge on any atom is -0.301 e. The predicted molar refractivity (Wildman–Crippen MR) is 107 cm³/mol. The lowest BCUT2D eigenvalue weighted by Gasteiger charge is -2.30. The van der Waals surface area contributed by atoms with E-state index in [9.17, 15) is 9.36 Å². The summed E-state index contributed by atoms with van der Waals surface area (Å²) in [5.74, 6) is -0.0475. The van der Waals surface area contributed by atoms with E-state index in [4.69, 9.17) is 9.05 Å². The lowest BCUT2D eigenvalue weighted by atomic mass is 10.2. The van der Waals surface area contributed by atoms with Crippen LogP contribution in [0.2, 0.25) is 0 Å². The van der Waals surface area contributed by atoms with E-state index in [1.807, 2.05) is 42.5 Å². The van der Waals surface area contributed by atoms with Crippen molar-refractivity contribution < 1.29 is 18.4 Å². The number of hydrogen-bond donors (Lipinski definition) is 0. The first-order valence-electron chi connectivity index (χ1n) is 8.27. The third-order valence-corrected chi connectivity index (χ3v) is 8.49. The van der Waals surface area contributed by atoms with Gasteiger partial charge in [0, 0.05) is 21.6 Å². The highest BCUT2D eigenvalue weighted by molar-refractivity contribution is 8.55. The Kier molecular flexibility index (Phi) is 6.15. The molecule has 138 valence electrons. The summed E-state index contributed by atoms with van der Waals surface area (Å²) in [6.07, 6.45) is 0. The first-order chi connectivity index (χ1) is 12.5. The number of amides is 1. The van der Waals surface area contributed by atoms with Crippen LogP contribution in [0.4, 0.5) is 11.4 Å². The van der Waals surface area contributed by atoms with Crippen LogP contribution in [0, 0.1) is 0 Å². The monoisotopic (exact) mass is 409 g/mol. The topological polar surface area (TPSA) is 55.8 Å². The number of nitrogens with zero attached hydrogens (tertiary/aromatic N) is 1. The van der Waals surface area contributed by atoms with E-state index >= 15 is 0 Å². The smallest absolute Gasteiger partial charge is 0.301 e. The molecule has 8 heteroatoms. The maximum Gasteiger partial charge on any atom is 0.393 e. The highest BCUT2D eigenvalue weighted by Crippen LogP contribution is 2.64. The number of anilines is 2. The van der Waals surface area contributed by atoms with Gasteiger partial charge in [0.2, 0.25) is 5.91 Å². The highest BCUT2D eigenvalue weighted by atomic mass is 32.7. The SMILES string of the molecule is CCOP(=O)(OCC)Sc1ccc2c(c1)Sc1ccccc1N2C(C)=O. The molecular formula is C18H20NO4PS2. The fourth-order valence-corrected chi connectivity index (χ4v) is 7.27. The Labute approximate surface area is 161 Å². The Hall–Kier alpha value is -1.24. The number of fused-ring (bicyclic) bond motifs is 2. The van der Waals surface area contributed by atoms with E-state index < -0.39 is 6.80 Å². The lowest BCUT2D eigenvalue weighted by Crippen LogP contribution is -2.25. The van der Waals surface area contributed by atoms with Crippen molar-refractivity contribution >= 4 is 47.2 Å². The van der Waals surface area contributed by atoms with Gasteiger partial charge in [-0.2, -0.15) is 0 Å². The number of carbonyl (C=O) groups is 1. The van der Waals surface area contributed by atoms with Gasteiger partial charge in [0.05, 0.1) is 24.6 Å². The van der Waals surface area contributed by atoms with Crippen molar-refractivity contribution in [2.75, 3.05) is 18.1 Å². The van der Waals surface area contributed by atoms with Crippen molar-refractivity contribution in [1.82, 2.24) is 0 Å². The zero-order valence-corrected chi connectivity index (χ0v) is 17.3. The summed E-state index contributed by atoms with van der Waals surface area (Å²) in [7, 11) is 0. The summed E-state index contributed by atoms with van der Waals surface area (Å²) in [4.78, 5) is 16.7. The molecular weight excluding hydrogens is 389 g/mol. The number of para-hydroxylation sites is 1. The molecule has 3 rings (SSSR count). The molecule has 26 heavy (non-hydrogen) atoms. The summed E-state index contributed by atoms with van der Waals surface area (Å²) >= 11 is 2.69. The molecule has 0 saturated heterocycles. The molecule has 0 aromatic heterocycles. The molecule has 0 atom stereocenters. The number of benzene rings is 2. The van der Waals surface area contributed by atoms with Crippen molar-refractivity contribution in [3.8, 4) is 0 Å². The molecule has 0 bridgehead atoms. The van der Waals surface area contributed by atoms with E-state index in [-0.39, 0.29) is 5.91 Å². The maximum atomic E-state index is 12.8. The molecule has 2 aromatic carbocycles. The number of carbonyl (C=O) groups excluding carboxylic acids is 1. The Morgan fingerprint density at radius 1 is 1.08 bits per heavy atom. The fraction of sp³-hybridized carbons (Fsp3) is 0.278. The standard InChI is InChI=1S/C18H20NO4PS2/c1-4-22-24(21,23-5-2)26-14-10-11-16-18(12-14)25-17-9-7-6-8-15(17)19(16)13(3)20/h6-12H,4-5H2,1-3H3. The zero-order chi connectivity index (χ0) is 18.7. The van der Waals surface area contributed by atoms with Gasteiger partial charge in [0.15, 0.2) is 0 Å². The van der Waals surface area contributed by atoms with Gasteiger partial charge in [-0.05, 0) is 55.6 Å². The summed E-state index contributed by atoms with van der Waals surface area (Å²) < 4.78 is 23.5. The fourth-order valence-electron chi connectivity index (χ4n) is 2.67. The minimum absolute atomic E-state index is 0.0475. The van der Waals surface area contributed by atoms with E-state index in [2.05, 4.69) is 0 Å². The second kappa shape index (κ2) is 8.19. The molecule has 1 amide bonds. The van der Waals surface area contributed by atoms with E-state index in [1.165, 1.54) is 0 Å². The molecule has 0 N–H and O–H groups in total.